The lowest BCUT2D eigenvalue weighted by Gasteiger charge is -2.35. The van der Waals surface area contributed by atoms with Crippen LogP contribution >= 0.6 is 0 Å². The third-order valence-corrected chi connectivity index (χ3v) is 5.73. The fourth-order valence-electron chi connectivity index (χ4n) is 2.30. The molecule has 0 bridgehead atoms. The van der Waals surface area contributed by atoms with Crippen LogP contribution in [0.25, 0.3) is 0 Å². The van der Waals surface area contributed by atoms with E-state index in [1.807, 2.05) is 24.3 Å². The molecule has 1 atom stereocenters. The lowest BCUT2D eigenvalue weighted by atomic mass is 10.2. The molecule has 1 saturated heterocycles. The maximum absolute atomic E-state index is 12.1. The monoisotopic (exact) mass is 309 g/mol. The molecule has 1 unspecified atom stereocenters. The van der Waals surface area contributed by atoms with Crippen LogP contribution in [0, 0.1) is 11.3 Å². The van der Waals surface area contributed by atoms with E-state index in [-0.39, 0.29) is 0 Å². The van der Waals surface area contributed by atoms with Crippen molar-refractivity contribution in [3.05, 3.63) is 24.3 Å². The van der Waals surface area contributed by atoms with Crippen LogP contribution in [-0.4, -0.2) is 51.3 Å². The number of nitriles is 1. The first kappa shape index (κ1) is 15.6. The van der Waals surface area contributed by atoms with E-state index in [0.29, 0.717) is 26.2 Å². The first-order valence-electron chi connectivity index (χ1n) is 6.76. The van der Waals surface area contributed by atoms with Gasteiger partial charge >= 0.3 is 0 Å². The highest BCUT2D eigenvalue weighted by molar-refractivity contribution is 7.89. The Bertz CT molecular complexity index is 631. The average Bonchev–Trinajstić information content (AvgIpc) is 2.54. The number of rotatable bonds is 4. The number of hydrogen-bond acceptors (Lipinski definition) is 5. The van der Waals surface area contributed by atoms with Gasteiger partial charge in [0, 0.05) is 37.9 Å². The Hall–Kier alpha value is -1.78. The molecular weight excluding hydrogens is 290 g/mol. The van der Waals surface area contributed by atoms with Gasteiger partial charge in [0.25, 0.3) is 0 Å². The highest BCUT2D eigenvalue weighted by Gasteiger charge is 2.31. The topological polar surface area (TPSA) is 73.6 Å². The molecule has 7 heteroatoms. The molecule has 0 amide bonds. The molecule has 1 aliphatic heterocycles. The molecule has 21 heavy (non-hydrogen) atoms. The zero-order chi connectivity index (χ0) is 15.5. The second kappa shape index (κ2) is 6.33. The van der Waals surface area contributed by atoms with Crippen LogP contribution in [0.1, 0.15) is 6.92 Å². The minimum absolute atomic E-state index is 0.394. The van der Waals surface area contributed by atoms with Crippen LogP contribution in [0.4, 0.5) is 5.69 Å². The summed E-state index contributed by atoms with van der Waals surface area (Å²) in [6.07, 6.45) is 0. The van der Waals surface area contributed by atoms with Crippen LogP contribution < -0.4 is 9.64 Å². The second-order valence-corrected chi connectivity index (χ2v) is 7.16. The van der Waals surface area contributed by atoms with Gasteiger partial charge in [0.2, 0.25) is 10.0 Å². The van der Waals surface area contributed by atoms with Gasteiger partial charge in [0.1, 0.15) is 5.75 Å². The molecule has 0 aromatic heterocycles. The molecule has 0 radical (unpaired) electrons. The third-order valence-electron chi connectivity index (χ3n) is 3.65. The van der Waals surface area contributed by atoms with Crippen molar-refractivity contribution >= 4 is 15.7 Å². The molecular formula is C14H19N3O3S. The van der Waals surface area contributed by atoms with E-state index in [0.717, 1.165) is 11.4 Å². The van der Waals surface area contributed by atoms with Gasteiger partial charge in [-0.15, -0.1) is 0 Å². The molecule has 1 fully saturated rings. The number of methoxy groups -OCH3 is 1. The van der Waals surface area contributed by atoms with E-state index in [2.05, 4.69) is 4.90 Å². The summed E-state index contributed by atoms with van der Waals surface area (Å²) in [5.41, 5.74) is 1.01. The second-order valence-electron chi connectivity index (χ2n) is 4.90. The summed E-state index contributed by atoms with van der Waals surface area (Å²) in [6.45, 7) is 3.41. The smallest absolute Gasteiger partial charge is 0.230 e. The number of hydrogen-bond donors (Lipinski definition) is 0. The number of nitrogens with zero attached hydrogens (tertiary/aromatic N) is 3. The largest absolute Gasteiger partial charge is 0.497 e. The van der Waals surface area contributed by atoms with Gasteiger partial charge < -0.3 is 9.64 Å². The van der Waals surface area contributed by atoms with E-state index in [1.54, 1.807) is 13.2 Å². The van der Waals surface area contributed by atoms with E-state index in [4.69, 9.17) is 10.00 Å². The van der Waals surface area contributed by atoms with E-state index in [1.165, 1.54) is 11.2 Å². The zero-order valence-electron chi connectivity index (χ0n) is 12.2. The molecule has 0 aliphatic carbocycles. The average molecular weight is 309 g/mol. The minimum Gasteiger partial charge on any atom is -0.497 e. The maximum Gasteiger partial charge on any atom is 0.230 e. The Morgan fingerprint density at radius 2 is 1.95 bits per heavy atom. The van der Waals surface area contributed by atoms with Gasteiger partial charge in [0.15, 0.2) is 5.25 Å². The van der Waals surface area contributed by atoms with Gasteiger partial charge in [-0.05, 0) is 19.1 Å². The number of anilines is 1. The predicted molar refractivity (Wildman–Crippen MR) is 80.8 cm³/mol. The molecule has 1 heterocycles. The van der Waals surface area contributed by atoms with E-state index >= 15 is 0 Å². The van der Waals surface area contributed by atoms with Crippen LogP contribution in [-0.2, 0) is 10.0 Å². The van der Waals surface area contributed by atoms with Crippen molar-refractivity contribution < 1.29 is 13.2 Å². The maximum atomic E-state index is 12.1. The molecule has 1 aromatic carbocycles. The Kier molecular flexibility index (Phi) is 4.70. The van der Waals surface area contributed by atoms with Crippen LogP contribution in [0.3, 0.4) is 0 Å². The Labute approximate surface area is 125 Å². The summed E-state index contributed by atoms with van der Waals surface area (Å²) in [7, 11) is -1.89. The SMILES string of the molecule is COc1cccc(N2CCN(S(=O)(=O)C(C)C#N)CC2)c1. The number of benzene rings is 1. The molecule has 0 N–H and O–H groups in total. The fourth-order valence-corrected chi connectivity index (χ4v) is 3.55. The van der Waals surface area contributed by atoms with Crippen molar-refractivity contribution in [2.24, 2.45) is 0 Å². The lowest BCUT2D eigenvalue weighted by molar-refractivity contribution is 0.382. The van der Waals surface area contributed by atoms with Crippen molar-refractivity contribution in [3.63, 3.8) is 0 Å². The van der Waals surface area contributed by atoms with Crippen molar-refractivity contribution in [2.45, 2.75) is 12.2 Å². The zero-order valence-corrected chi connectivity index (χ0v) is 13.0. The summed E-state index contributed by atoms with van der Waals surface area (Å²) in [5, 5.41) is 7.81. The van der Waals surface area contributed by atoms with Crippen LogP contribution in [0.15, 0.2) is 24.3 Å². The van der Waals surface area contributed by atoms with Gasteiger partial charge in [-0.1, -0.05) is 6.07 Å². The molecule has 2 rings (SSSR count). The van der Waals surface area contributed by atoms with Crippen LogP contribution in [0.2, 0.25) is 0 Å². The fraction of sp³-hybridized carbons (Fsp3) is 0.500. The van der Waals surface area contributed by atoms with Gasteiger partial charge in [-0.2, -0.15) is 9.57 Å². The van der Waals surface area contributed by atoms with E-state index < -0.39 is 15.3 Å². The highest BCUT2D eigenvalue weighted by Crippen LogP contribution is 2.23. The van der Waals surface area contributed by atoms with Crippen molar-refractivity contribution in [1.29, 1.82) is 5.26 Å². The summed E-state index contributed by atoms with van der Waals surface area (Å²) in [5.74, 6) is 0.778. The molecule has 1 aromatic rings. The van der Waals surface area contributed by atoms with Crippen molar-refractivity contribution in [1.82, 2.24) is 4.31 Å². The molecule has 0 saturated carbocycles. The number of ether oxygens (including phenoxy) is 1. The first-order chi connectivity index (χ1) is 9.98. The third kappa shape index (κ3) is 3.28. The Balaban J connectivity index is 2.05. The number of piperazine rings is 1. The Morgan fingerprint density at radius 3 is 2.52 bits per heavy atom. The van der Waals surface area contributed by atoms with Crippen molar-refractivity contribution in [2.75, 3.05) is 38.2 Å². The van der Waals surface area contributed by atoms with Crippen LogP contribution in [0.5, 0.6) is 5.75 Å². The minimum atomic E-state index is -3.51. The number of sulfonamides is 1. The summed E-state index contributed by atoms with van der Waals surface area (Å²) in [4.78, 5) is 2.12. The summed E-state index contributed by atoms with van der Waals surface area (Å²) < 4.78 is 30.8. The highest BCUT2D eigenvalue weighted by atomic mass is 32.2. The van der Waals surface area contributed by atoms with Crippen molar-refractivity contribution in [3.8, 4) is 11.8 Å². The molecule has 6 nitrogen and oxygen atoms in total. The molecule has 0 spiro atoms. The standard InChI is InChI=1S/C14H19N3O3S/c1-12(11-15)21(18,19)17-8-6-16(7-9-17)13-4-3-5-14(10-13)20-2/h3-5,10,12H,6-9H2,1-2H3. The van der Waals surface area contributed by atoms with Gasteiger partial charge in [-0.3, -0.25) is 0 Å². The predicted octanol–water partition coefficient (Wildman–Crippen LogP) is 1.06. The summed E-state index contributed by atoms with van der Waals surface area (Å²) in [6, 6.07) is 9.50. The quantitative estimate of drug-likeness (QED) is 0.831. The lowest BCUT2D eigenvalue weighted by Crippen LogP contribution is -2.50. The Morgan fingerprint density at radius 1 is 1.29 bits per heavy atom. The molecule has 114 valence electrons. The first-order valence-corrected chi connectivity index (χ1v) is 8.27. The summed E-state index contributed by atoms with van der Waals surface area (Å²) >= 11 is 0. The normalized spacial score (nSPS) is 18.0. The van der Waals surface area contributed by atoms with Gasteiger partial charge in [0.05, 0.1) is 13.2 Å². The van der Waals surface area contributed by atoms with E-state index in [9.17, 15) is 8.42 Å². The molecule has 1 aliphatic rings. The van der Waals surface area contributed by atoms with Gasteiger partial charge in [-0.25, -0.2) is 8.42 Å².